The topological polar surface area (TPSA) is 109 Å². The van der Waals surface area contributed by atoms with E-state index in [0.29, 0.717) is 30.5 Å². The number of nitrogens with zero attached hydrogens (tertiary/aromatic N) is 4. The number of rotatable bonds is 7. The van der Waals surface area contributed by atoms with Crippen LogP contribution in [0.4, 0.5) is 5.13 Å². The zero-order valence-corrected chi connectivity index (χ0v) is 15.2. The molecule has 3 heterocycles. The van der Waals surface area contributed by atoms with Gasteiger partial charge in [0.05, 0.1) is 18.8 Å². The Morgan fingerprint density at radius 2 is 2.35 bits per heavy atom. The predicted octanol–water partition coefficient (Wildman–Crippen LogP) is 0.661. The highest BCUT2D eigenvalue weighted by Crippen LogP contribution is 2.19. The number of amides is 2. The lowest BCUT2D eigenvalue weighted by molar-refractivity contribution is -0.119. The first-order valence-electron chi connectivity index (χ1n) is 8.23. The van der Waals surface area contributed by atoms with Gasteiger partial charge in [-0.3, -0.25) is 24.8 Å². The predicted molar refractivity (Wildman–Crippen MR) is 95.8 cm³/mol. The van der Waals surface area contributed by atoms with Crippen molar-refractivity contribution in [2.75, 3.05) is 25.0 Å². The Hall–Kier alpha value is -2.59. The molecule has 0 aliphatic carbocycles. The molecule has 0 aromatic carbocycles. The molecule has 1 aliphatic rings. The van der Waals surface area contributed by atoms with E-state index in [1.54, 1.807) is 17.8 Å². The molecule has 1 unspecified atom stereocenters. The average molecular weight is 376 g/mol. The lowest BCUT2D eigenvalue weighted by atomic mass is 10.3. The Labute approximate surface area is 154 Å². The normalized spacial score (nSPS) is 17.0. The molecule has 0 saturated carbocycles. The number of likely N-dealkylation sites (tertiary alicyclic amines) is 1. The molecular weight excluding hydrogens is 356 g/mol. The Balaban J connectivity index is 1.46. The van der Waals surface area contributed by atoms with Crippen LogP contribution in [0, 0.1) is 0 Å². The number of carbonyl (C=O) groups is 2. The second kappa shape index (κ2) is 8.68. The van der Waals surface area contributed by atoms with Crippen LogP contribution < -0.4 is 15.4 Å². The van der Waals surface area contributed by atoms with Crippen molar-refractivity contribution in [3.05, 3.63) is 29.5 Å². The summed E-state index contributed by atoms with van der Waals surface area (Å²) in [6.07, 6.45) is 2.52. The Bertz CT molecular complexity index is 754. The summed E-state index contributed by atoms with van der Waals surface area (Å²) in [5.41, 5.74) is 2.31. The van der Waals surface area contributed by atoms with Gasteiger partial charge in [-0.25, -0.2) is 0 Å². The van der Waals surface area contributed by atoms with Crippen molar-refractivity contribution in [2.24, 2.45) is 0 Å². The number of nitrogens with one attached hydrogen (secondary N) is 2. The van der Waals surface area contributed by atoms with E-state index in [0.717, 1.165) is 18.7 Å². The number of aromatic nitrogens is 3. The van der Waals surface area contributed by atoms with Crippen molar-refractivity contribution in [1.29, 1.82) is 0 Å². The minimum Gasteiger partial charge on any atom is -0.489 e. The van der Waals surface area contributed by atoms with Crippen molar-refractivity contribution in [1.82, 2.24) is 25.4 Å². The summed E-state index contributed by atoms with van der Waals surface area (Å²) < 4.78 is 5.99. The summed E-state index contributed by atoms with van der Waals surface area (Å²) in [5.74, 6) is 0.505. The minimum absolute atomic E-state index is 0.0142. The summed E-state index contributed by atoms with van der Waals surface area (Å²) in [6, 6.07) is 3.61. The van der Waals surface area contributed by atoms with Gasteiger partial charge in [0.15, 0.2) is 0 Å². The van der Waals surface area contributed by atoms with Crippen LogP contribution >= 0.6 is 11.3 Å². The van der Waals surface area contributed by atoms with Crippen LogP contribution in [0.5, 0.6) is 5.75 Å². The van der Waals surface area contributed by atoms with Crippen molar-refractivity contribution < 1.29 is 14.3 Å². The largest absolute Gasteiger partial charge is 0.489 e. The van der Waals surface area contributed by atoms with E-state index in [-0.39, 0.29) is 17.9 Å². The summed E-state index contributed by atoms with van der Waals surface area (Å²) in [5, 5.41) is 13.4. The van der Waals surface area contributed by atoms with Crippen LogP contribution in [-0.4, -0.2) is 57.6 Å². The Kier molecular flexibility index (Phi) is 6.08. The van der Waals surface area contributed by atoms with E-state index >= 15 is 0 Å². The first-order valence-corrected chi connectivity index (χ1v) is 9.11. The van der Waals surface area contributed by atoms with Crippen LogP contribution in [0.15, 0.2) is 23.8 Å². The highest BCUT2D eigenvalue weighted by Gasteiger charge is 2.25. The molecule has 0 spiro atoms. The van der Waals surface area contributed by atoms with Crippen LogP contribution in [0.25, 0.3) is 0 Å². The summed E-state index contributed by atoms with van der Waals surface area (Å²) in [4.78, 5) is 29.2. The third-order valence-electron chi connectivity index (χ3n) is 3.81. The highest BCUT2D eigenvalue weighted by molar-refractivity contribution is 7.13. The van der Waals surface area contributed by atoms with Gasteiger partial charge < -0.3 is 10.1 Å². The van der Waals surface area contributed by atoms with E-state index in [1.807, 2.05) is 11.0 Å². The quantitative estimate of drug-likeness (QED) is 0.730. The Morgan fingerprint density at radius 3 is 3.12 bits per heavy atom. The maximum Gasteiger partial charge on any atom is 0.240 e. The van der Waals surface area contributed by atoms with Crippen molar-refractivity contribution >= 4 is 28.3 Å². The van der Waals surface area contributed by atoms with E-state index in [4.69, 9.17) is 4.74 Å². The molecule has 1 saturated heterocycles. The molecule has 2 amide bonds. The van der Waals surface area contributed by atoms with Gasteiger partial charge in [0.1, 0.15) is 17.4 Å². The molecule has 26 heavy (non-hydrogen) atoms. The fourth-order valence-corrected chi connectivity index (χ4v) is 3.12. The van der Waals surface area contributed by atoms with E-state index in [1.165, 1.54) is 18.3 Å². The number of carbonyl (C=O) groups excluding carboxylic acids is 2. The molecule has 1 aliphatic heterocycles. The van der Waals surface area contributed by atoms with Crippen molar-refractivity contribution in [2.45, 2.75) is 26.0 Å². The number of hydrogen-bond donors (Lipinski definition) is 2. The molecule has 1 fully saturated rings. The van der Waals surface area contributed by atoms with Gasteiger partial charge in [-0.05, 0) is 12.5 Å². The van der Waals surface area contributed by atoms with E-state index in [2.05, 4.69) is 25.8 Å². The van der Waals surface area contributed by atoms with Gasteiger partial charge in [0.2, 0.25) is 16.9 Å². The third-order valence-corrected chi connectivity index (χ3v) is 4.42. The zero-order chi connectivity index (χ0) is 18.4. The molecule has 2 aromatic heterocycles. The molecule has 9 nitrogen and oxygen atoms in total. The first-order chi connectivity index (χ1) is 12.6. The van der Waals surface area contributed by atoms with Crippen LogP contribution in [0.2, 0.25) is 0 Å². The molecule has 2 N–H and O–H groups in total. The highest BCUT2D eigenvalue weighted by atomic mass is 32.1. The van der Waals surface area contributed by atoms with E-state index < -0.39 is 0 Å². The van der Waals surface area contributed by atoms with Crippen molar-refractivity contribution in [3.8, 4) is 5.75 Å². The molecule has 1 atom stereocenters. The van der Waals surface area contributed by atoms with Crippen LogP contribution in [-0.2, 0) is 16.1 Å². The fourth-order valence-electron chi connectivity index (χ4n) is 2.66. The third kappa shape index (κ3) is 5.46. The van der Waals surface area contributed by atoms with Gasteiger partial charge in [0.25, 0.3) is 0 Å². The van der Waals surface area contributed by atoms with Crippen LogP contribution in [0.3, 0.4) is 0 Å². The summed E-state index contributed by atoms with van der Waals surface area (Å²) in [7, 11) is 0. The smallest absolute Gasteiger partial charge is 0.240 e. The van der Waals surface area contributed by atoms with Gasteiger partial charge >= 0.3 is 0 Å². The molecule has 138 valence electrons. The van der Waals surface area contributed by atoms with Gasteiger partial charge in [0, 0.05) is 32.3 Å². The summed E-state index contributed by atoms with van der Waals surface area (Å²) >= 11 is 1.29. The zero-order valence-electron chi connectivity index (χ0n) is 14.3. The van der Waals surface area contributed by atoms with Gasteiger partial charge in [-0.15, -0.1) is 10.2 Å². The second-order valence-electron chi connectivity index (χ2n) is 5.95. The molecular formula is C16H20N6O3S. The monoisotopic (exact) mass is 376 g/mol. The van der Waals surface area contributed by atoms with Gasteiger partial charge in [-0.1, -0.05) is 11.3 Å². The molecule has 0 radical (unpaired) electrons. The Morgan fingerprint density at radius 1 is 1.46 bits per heavy atom. The number of ether oxygens (including phenoxy) is 1. The maximum absolute atomic E-state index is 12.0. The van der Waals surface area contributed by atoms with Gasteiger partial charge in [-0.2, -0.15) is 0 Å². The maximum atomic E-state index is 12.0. The lowest BCUT2D eigenvalue weighted by Gasteiger charge is -2.16. The lowest BCUT2D eigenvalue weighted by Crippen LogP contribution is -2.33. The van der Waals surface area contributed by atoms with Crippen molar-refractivity contribution in [3.63, 3.8) is 0 Å². The van der Waals surface area contributed by atoms with E-state index in [9.17, 15) is 9.59 Å². The molecule has 10 heteroatoms. The average Bonchev–Trinajstić information content (AvgIpc) is 3.25. The number of anilines is 1. The molecule has 3 rings (SSSR count). The SMILES string of the molecule is CC(=O)NCc1cc(OC2CCN(CC(=O)Nc3nncs3)C2)ccn1. The molecule has 0 bridgehead atoms. The number of hydrogen-bond acceptors (Lipinski definition) is 8. The minimum atomic E-state index is -0.107. The first kappa shape index (κ1) is 18.2. The van der Waals surface area contributed by atoms with Crippen LogP contribution in [0.1, 0.15) is 19.0 Å². The number of pyridine rings is 1. The fraction of sp³-hybridized carbons (Fsp3) is 0.438. The second-order valence-corrected chi connectivity index (χ2v) is 6.78. The molecule has 2 aromatic rings. The summed E-state index contributed by atoms with van der Waals surface area (Å²) in [6.45, 7) is 3.60. The standard InChI is InChI=1S/C16H20N6O3S/c1-11(23)18-7-12-6-13(2-4-17-12)25-14-3-5-22(8-14)9-15(24)20-16-21-19-10-26-16/h2,4,6,10,14H,3,5,7-9H2,1H3,(H,18,23)(H,20,21,24).